The molecule has 3 unspecified atom stereocenters. The van der Waals surface area contributed by atoms with Crippen molar-refractivity contribution < 1.29 is 9.90 Å². The molecule has 3 atom stereocenters. The molecule has 2 aliphatic carbocycles. The average molecular weight is 182 g/mol. The van der Waals surface area contributed by atoms with E-state index in [2.05, 4.69) is 0 Å². The second kappa shape index (κ2) is 3.09. The maximum absolute atomic E-state index is 11.6. The number of rotatable bonds is 1. The monoisotopic (exact) mass is 182 g/mol. The molecule has 2 rings (SSSR count). The van der Waals surface area contributed by atoms with Gasteiger partial charge in [0.1, 0.15) is 5.78 Å². The molecule has 2 heteroatoms. The highest BCUT2D eigenvalue weighted by Gasteiger charge is 2.49. The van der Waals surface area contributed by atoms with Crippen molar-refractivity contribution in [1.29, 1.82) is 0 Å². The molecule has 13 heavy (non-hydrogen) atoms. The van der Waals surface area contributed by atoms with Gasteiger partial charge in [0.2, 0.25) is 0 Å². The first-order chi connectivity index (χ1) is 6.15. The maximum Gasteiger partial charge on any atom is 0.136 e. The predicted octanol–water partition coefficient (Wildman–Crippen LogP) is 1.91. The Morgan fingerprint density at radius 3 is 2.85 bits per heavy atom. The largest absolute Gasteiger partial charge is 0.393 e. The first-order valence-corrected chi connectivity index (χ1v) is 5.34. The molecule has 0 heterocycles. The summed E-state index contributed by atoms with van der Waals surface area (Å²) in [6.07, 6.45) is 5.86. The normalized spacial score (nSPS) is 44.5. The van der Waals surface area contributed by atoms with Crippen LogP contribution in [0.15, 0.2) is 0 Å². The third-order valence-corrected chi connectivity index (χ3v) is 4.11. The number of Topliss-reactive ketones (excluding diaryl/α,β-unsaturated/α-hetero) is 1. The Balaban J connectivity index is 2.23. The van der Waals surface area contributed by atoms with E-state index in [0.717, 1.165) is 25.7 Å². The molecule has 0 amide bonds. The molecule has 0 aromatic heterocycles. The highest BCUT2D eigenvalue weighted by atomic mass is 16.3. The second-order valence-electron chi connectivity index (χ2n) is 4.74. The van der Waals surface area contributed by atoms with Crippen LogP contribution in [0.4, 0.5) is 0 Å². The third kappa shape index (κ3) is 1.32. The summed E-state index contributed by atoms with van der Waals surface area (Å²) in [6.45, 7) is 1.70. The molecule has 0 aromatic carbocycles. The van der Waals surface area contributed by atoms with E-state index < -0.39 is 0 Å². The number of carbonyl (C=O) groups excluding carboxylic acids is 1. The summed E-state index contributed by atoms with van der Waals surface area (Å²) < 4.78 is 0. The number of hydrogen-bond acceptors (Lipinski definition) is 2. The van der Waals surface area contributed by atoms with Gasteiger partial charge in [0.25, 0.3) is 0 Å². The van der Waals surface area contributed by atoms with E-state index in [1.807, 2.05) is 0 Å². The second-order valence-corrected chi connectivity index (χ2v) is 4.74. The topological polar surface area (TPSA) is 37.3 Å². The SMILES string of the molecule is CC(=O)C12CCCC1CCC(O)C2. The first kappa shape index (κ1) is 9.20. The van der Waals surface area contributed by atoms with E-state index >= 15 is 0 Å². The standard InChI is InChI=1S/C11H18O2/c1-8(12)11-6-2-3-9(11)4-5-10(13)7-11/h9-10,13H,2-7H2,1H3. The first-order valence-electron chi connectivity index (χ1n) is 5.34. The van der Waals surface area contributed by atoms with E-state index in [1.54, 1.807) is 6.92 Å². The van der Waals surface area contributed by atoms with Crippen LogP contribution in [0.5, 0.6) is 0 Å². The van der Waals surface area contributed by atoms with Crippen molar-refractivity contribution in [3.63, 3.8) is 0 Å². The fourth-order valence-electron chi connectivity index (χ4n) is 3.36. The molecule has 0 spiro atoms. The summed E-state index contributed by atoms with van der Waals surface area (Å²) in [7, 11) is 0. The number of aliphatic hydroxyl groups excluding tert-OH is 1. The van der Waals surface area contributed by atoms with Gasteiger partial charge in [0.15, 0.2) is 0 Å². The lowest BCUT2D eigenvalue weighted by Crippen LogP contribution is -2.40. The van der Waals surface area contributed by atoms with E-state index in [1.165, 1.54) is 12.8 Å². The van der Waals surface area contributed by atoms with Gasteiger partial charge < -0.3 is 5.11 Å². The number of carbonyl (C=O) groups is 1. The molecular formula is C11H18O2. The quantitative estimate of drug-likeness (QED) is 0.672. The fourth-order valence-corrected chi connectivity index (χ4v) is 3.36. The molecule has 2 nitrogen and oxygen atoms in total. The molecule has 0 bridgehead atoms. The zero-order chi connectivity index (χ0) is 9.47. The number of fused-ring (bicyclic) bond motifs is 1. The lowest BCUT2D eigenvalue weighted by molar-refractivity contribution is -0.133. The van der Waals surface area contributed by atoms with Crippen LogP contribution in [-0.4, -0.2) is 17.0 Å². The molecule has 0 aromatic rings. The molecule has 2 saturated carbocycles. The molecular weight excluding hydrogens is 164 g/mol. The Morgan fingerprint density at radius 2 is 2.15 bits per heavy atom. The van der Waals surface area contributed by atoms with Gasteiger partial charge in [-0.05, 0) is 44.9 Å². The maximum atomic E-state index is 11.6. The van der Waals surface area contributed by atoms with Crippen LogP contribution in [0.2, 0.25) is 0 Å². The number of aliphatic hydroxyl groups is 1. The summed E-state index contributed by atoms with van der Waals surface area (Å²) in [5, 5.41) is 9.62. The summed E-state index contributed by atoms with van der Waals surface area (Å²) in [4.78, 5) is 11.6. The number of hydrogen-bond donors (Lipinski definition) is 1. The van der Waals surface area contributed by atoms with Crippen molar-refractivity contribution in [1.82, 2.24) is 0 Å². The van der Waals surface area contributed by atoms with Crippen molar-refractivity contribution in [3.8, 4) is 0 Å². The highest BCUT2D eigenvalue weighted by molar-refractivity contribution is 5.83. The smallest absolute Gasteiger partial charge is 0.136 e. The van der Waals surface area contributed by atoms with Crippen LogP contribution < -0.4 is 0 Å². The van der Waals surface area contributed by atoms with Gasteiger partial charge in [-0.15, -0.1) is 0 Å². The summed E-state index contributed by atoms with van der Waals surface area (Å²) in [5.74, 6) is 0.891. The van der Waals surface area contributed by atoms with E-state index in [-0.39, 0.29) is 11.5 Å². The molecule has 0 aliphatic heterocycles. The van der Waals surface area contributed by atoms with E-state index in [9.17, 15) is 9.90 Å². The molecule has 0 saturated heterocycles. The van der Waals surface area contributed by atoms with Crippen LogP contribution in [0, 0.1) is 11.3 Å². The van der Waals surface area contributed by atoms with E-state index in [0.29, 0.717) is 11.7 Å². The minimum absolute atomic E-state index is 0.127. The van der Waals surface area contributed by atoms with Gasteiger partial charge in [0, 0.05) is 5.41 Å². The summed E-state index contributed by atoms with van der Waals surface area (Å²) >= 11 is 0. The Morgan fingerprint density at radius 1 is 1.38 bits per heavy atom. The van der Waals surface area contributed by atoms with Gasteiger partial charge in [-0.2, -0.15) is 0 Å². The molecule has 2 fully saturated rings. The van der Waals surface area contributed by atoms with Crippen LogP contribution in [0.1, 0.15) is 45.4 Å². The highest BCUT2D eigenvalue weighted by Crippen LogP contribution is 2.52. The minimum atomic E-state index is -0.224. The van der Waals surface area contributed by atoms with Crippen LogP contribution >= 0.6 is 0 Å². The van der Waals surface area contributed by atoms with Gasteiger partial charge in [0.05, 0.1) is 6.10 Å². The van der Waals surface area contributed by atoms with Crippen molar-refractivity contribution in [2.75, 3.05) is 0 Å². The Labute approximate surface area is 79.3 Å². The summed E-state index contributed by atoms with van der Waals surface area (Å²) in [5.41, 5.74) is -0.127. The Bertz CT molecular complexity index is 224. The Hall–Kier alpha value is -0.370. The zero-order valence-corrected chi connectivity index (χ0v) is 8.25. The van der Waals surface area contributed by atoms with Crippen molar-refractivity contribution in [2.24, 2.45) is 11.3 Å². The molecule has 2 aliphatic rings. The lowest BCUT2D eigenvalue weighted by Gasteiger charge is -2.39. The molecule has 0 radical (unpaired) electrons. The minimum Gasteiger partial charge on any atom is -0.393 e. The van der Waals surface area contributed by atoms with Crippen molar-refractivity contribution in [2.45, 2.75) is 51.6 Å². The zero-order valence-electron chi connectivity index (χ0n) is 8.25. The van der Waals surface area contributed by atoms with Crippen LogP contribution in [0.3, 0.4) is 0 Å². The Kier molecular flexibility index (Phi) is 2.18. The van der Waals surface area contributed by atoms with Gasteiger partial charge in [-0.25, -0.2) is 0 Å². The van der Waals surface area contributed by atoms with E-state index in [4.69, 9.17) is 0 Å². The van der Waals surface area contributed by atoms with Crippen LogP contribution in [-0.2, 0) is 4.79 Å². The van der Waals surface area contributed by atoms with Gasteiger partial charge in [-0.1, -0.05) is 6.42 Å². The lowest BCUT2D eigenvalue weighted by atomic mass is 9.65. The van der Waals surface area contributed by atoms with Gasteiger partial charge >= 0.3 is 0 Å². The van der Waals surface area contributed by atoms with Crippen molar-refractivity contribution >= 4 is 5.78 Å². The van der Waals surface area contributed by atoms with Crippen LogP contribution in [0.25, 0.3) is 0 Å². The fraction of sp³-hybridized carbons (Fsp3) is 0.909. The molecule has 74 valence electrons. The predicted molar refractivity (Wildman–Crippen MR) is 50.3 cm³/mol. The van der Waals surface area contributed by atoms with Crippen molar-refractivity contribution in [3.05, 3.63) is 0 Å². The number of ketones is 1. The third-order valence-electron chi connectivity index (χ3n) is 4.11. The summed E-state index contributed by atoms with van der Waals surface area (Å²) in [6, 6.07) is 0. The average Bonchev–Trinajstić information content (AvgIpc) is 2.47. The van der Waals surface area contributed by atoms with Gasteiger partial charge in [-0.3, -0.25) is 4.79 Å². The molecule has 1 N–H and O–H groups in total.